The van der Waals surface area contributed by atoms with Crippen molar-refractivity contribution in [2.75, 3.05) is 0 Å². The van der Waals surface area contributed by atoms with E-state index >= 15 is 0 Å². The molecule has 0 spiro atoms. The lowest BCUT2D eigenvalue weighted by Crippen LogP contribution is -2.54. The van der Waals surface area contributed by atoms with Crippen molar-refractivity contribution in [3.8, 4) is 0 Å². The average molecular weight is 361 g/mol. The molecule has 2 heteroatoms. The summed E-state index contributed by atoms with van der Waals surface area (Å²) in [7, 11) is 0. The molecular weight excluding hydrogens is 320 g/mol. The van der Waals surface area contributed by atoms with E-state index in [1.54, 1.807) is 0 Å². The van der Waals surface area contributed by atoms with Crippen LogP contribution in [0, 0.1) is 46.3 Å². The summed E-state index contributed by atoms with van der Waals surface area (Å²) in [5, 5.41) is 10.2. The van der Waals surface area contributed by atoms with Gasteiger partial charge in [0.05, 0.1) is 6.10 Å². The number of rotatable bonds is 4. The van der Waals surface area contributed by atoms with Crippen molar-refractivity contribution >= 4 is 6.29 Å². The van der Waals surface area contributed by atoms with Crippen LogP contribution in [0.3, 0.4) is 0 Å². The fourth-order valence-electron chi connectivity index (χ4n) is 8.74. The number of hydrogen-bond donors (Lipinski definition) is 1. The van der Waals surface area contributed by atoms with Crippen molar-refractivity contribution in [1.82, 2.24) is 0 Å². The molecule has 0 bridgehead atoms. The van der Waals surface area contributed by atoms with Gasteiger partial charge in [0.2, 0.25) is 0 Å². The quantitative estimate of drug-likeness (QED) is 0.661. The van der Waals surface area contributed by atoms with Gasteiger partial charge >= 0.3 is 0 Å². The van der Waals surface area contributed by atoms with Crippen molar-refractivity contribution in [1.29, 1.82) is 0 Å². The Labute approximate surface area is 160 Å². The molecule has 0 radical (unpaired) electrons. The zero-order valence-corrected chi connectivity index (χ0v) is 17.3. The summed E-state index contributed by atoms with van der Waals surface area (Å²) in [4.78, 5) is 10.8. The van der Waals surface area contributed by atoms with Crippen LogP contribution in [0.4, 0.5) is 0 Å². The number of carbonyl (C=O) groups excluding carboxylic acids is 1. The summed E-state index contributed by atoms with van der Waals surface area (Å²) in [6.07, 6.45) is 14.7. The van der Waals surface area contributed by atoms with E-state index in [9.17, 15) is 9.90 Å². The summed E-state index contributed by atoms with van der Waals surface area (Å²) in [6.45, 7) is 7.61. The third-order valence-corrected chi connectivity index (χ3v) is 10.1. The van der Waals surface area contributed by atoms with E-state index in [-0.39, 0.29) is 6.10 Å². The maximum absolute atomic E-state index is 10.8. The molecule has 0 amide bonds. The molecule has 4 rings (SSSR count). The Kier molecular flexibility index (Phi) is 5.04. The molecule has 9 atom stereocenters. The summed E-state index contributed by atoms with van der Waals surface area (Å²) in [5.41, 5.74) is 1.01. The maximum Gasteiger partial charge on any atom is 0.120 e. The van der Waals surface area contributed by atoms with Crippen molar-refractivity contribution in [3.05, 3.63) is 0 Å². The van der Waals surface area contributed by atoms with Crippen LogP contribution in [0.2, 0.25) is 0 Å². The van der Waals surface area contributed by atoms with Gasteiger partial charge < -0.3 is 9.90 Å². The number of aldehydes is 1. The van der Waals surface area contributed by atoms with Gasteiger partial charge in [-0.15, -0.1) is 0 Å². The van der Waals surface area contributed by atoms with Gasteiger partial charge in [-0.2, -0.15) is 0 Å². The Morgan fingerprint density at radius 3 is 2.50 bits per heavy atom. The first-order valence-corrected chi connectivity index (χ1v) is 11.5. The molecule has 4 aliphatic carbocycles. The van der Waals surface area contributed by atoms with Gasteiger partial charge in [0.15, 0.2) is 0 Å². The van der Waals surface area contributed by atoms with Crippen molar-refractivity contribution in [2.24, 2.45) is 46.3 Å². The fourth-order valence-corrected chi connectivity index (χ4v) is 8.74. The average Bonchev–Trinajstić information content (AvgIpc) is 2.97. The third-order valence-electron chi connectivity index (χ3n) is 10.1. The highest BCUT2D eigenvalue weighted by Gasteiger charge is 2.60. The smallest absolute Gasteiger partial charge is 0.120 e. The van der Waals surface area contributed by atoms with E-state index in [1.165, 1.54) is 44.9 Å². The van der Waals surface area contributed by atoms with Crippen LogP contribution in [-0.4, -0.2) is 17.5 Å². The number of hydrogen-bond acceptors (Lipinski definition) is 2. The first-order valence-electron chi connectivity index (χ1n) is 11.5. The standard InChI is InChI=1S/C24H40O2/c1-16(5-4-14-25)20-8-9-21-19-7-6-17-15-18(26)10-12-23(17,2)22(19)11-13-24(20,21)3/h14,16-22,26H,4-13,15H2,1-3H3/t16?,17-,18-,19?,20?,21+,22+,23+,24-/m1/s1. The SMILES string of the molecule is CC(CCC=O)C1CC[C@H]2C3CC[C@@H]4C[C@H](O)CC[C@]4(C)[C@H]3CC[C@]12C. The Balaban J connectivity index is 1.53. The molecule has 0 aromatic rings. The predicted molar refractivity (Wildman–Crippen MR) is 106 cm³/mol. The molecular formula is C24H40O2. The van der Waals surface area contributed by atoms with E-state index in [0.29, 0.717) is 16.7 Å². The highest BCUT2D eigenvalue weighted by atomic mass is 16.3. The van der Waals surface area contributed by atoms with E-state index in [1.807, 2.05) is 0 Å². The topological polar surface area (TPSA) is 37.3 Å². The largest absolute Gasteiger partial charge is 0.393 e. The van der Waals surface area contributed by atoms with E-state index in [0.717, 1.165) is 61.6 Å². The molecule has 0 aromatic heterocycles. The zero-order chi connectivity index (χ0) is 18.5. The fraction of sp³-hybridized carbons (Fsp3) is 0.958. The lowest BCUT2D eigenvalue weighted by Gasteiger charge is -2.61. The molecule has 2 nitrogen and oxygen atoms in total. The van der Waals surface area contributed by atoms with Crippen LogP contribution in [0.1, 0.15) is 91.4 Å². The predicted octanol–water partition coefficient (Wildman–Crippen LogP) is 5.62. The maximum atomic E-state index is 10.8. The van der Waals surface area contributed by atoms with Crippen molar-refractivity contribution in [2.45, 2.75) is 97.5 Å². The van der Waals surface area contributed by atoms with Gasteiger partial charge in [-0.1, -0.05) is 20.8 Å². The number of aliphatic hydroxyl groups excluding tert-OH is 1. The zero-order valence-electron chi connectivity index (χ0n) is 17.3. The molecule has 26 heavy (non-hydrogen) atoms. The molecule has 4 fully saturated rings. The van der Waals surface area contributed by atoms with Gasteiger partial charge in [0.25, 0.3) is 0 Å². The van der Waals surface area contributed by atoms with Gasteiger partial charge in [-0.25, -0.2) is 0 Å². The van der Waals surface area contributed by atoms with Crippen LogP contribution in [0.5, 0.6) is 0 Å². The Bertz CT molecular complexity index is 530. The number of fused-ring (bicyclic) bond motifs is 5. The second kappa shape index (κ2) is 6.90. The van der Waals surface area contributed by atoms with Crippen LogP contribution in [0.25, 0.3) is 0 Å². The van der Waals surface area contributed by atoms with Crippen molar-refractivity contribution < 1.29 is 9.90 Å². The van der Waals surface area contributed by atoms with Gasteiger partial charge in [0, 0.05) is 6.42 Å². The number of carbonyl (C=O) groups is 1. The second-order valence-corrected chi connectivity index (χ2v) is 11.0. The first kappa shape index (κ1) is 19.0. The lowest BCUT2D eigenvalue weighted by atomic mass is 9.44. The highest BCUT2D eigenvalue weighted by molar-refractivity contribution is 5.49. The van der Waals surface area contributed by atoms with Gasteiger partial charge in [-0.05, 0) is 111 Å². The lowest BCUT2D eigenvalue weighted by molar-refractivity contribution is -0.129. The molecule has 4 saturated carbocycles. The molecule has 148 valence electrons. The van der Waals surface area contributed by atoms with E-state index in [2.05, 4.69) is 20.8 Å². The molecule has 3 unspecified atom stereocenters. The minimum Gasteiger partial charge on any atom is -0.393 e. The van der Waals surface area contributed by atoms with Crippen LogP contribution >= 0.6 is 0 Å². The summed E-state index contributed by atoms with van der Waals surface area (Å²) in [5.74, 6) is 5.02. The van der Waals surface area contributed by atoms with Crippen LogP contribution < -0.4 is 0 Å². The third kappa shape index (κ3) is 2.81. The minimum atomic E-state index is -0.0342. The highest BCUT2D eigenvalue weighted by Crippen LogP contribution is 2.68. The Hall–Kier alpha value is -0.370. The van der Waals surface area contributed by atoms with Gasteiger partial charge in [0.1, 0.15) is 6.29 Å². The van der Waals surface area contributed by atoms with Crippen LogP contribution in [0.15, 0.2) is 0 Å². The monoisotopic (exact) mass is 360 g/mol. The Morgan fingerprint density at radius 2 is 1.73 bits per heavy atom. The Morgan fingerprint density at radius 1 is 1.00 bits per heavy atom. The van der Waals surface area contributed by atoms with E-state index in [4.69, 9.17) is 0 Å². The molecule has 0 saturated heterocycles. The summed E-state index contributed by atoms with van der Waals surface area (Å²) < 4.78 is 0. The summed E-state index contributed by atoms with van der Waals surface area (Å²) in [6, 6.07) is 0. The molecule has 0 aliphatic heterocycles. The number of aliphatic hydroxyl groups is 1. The molecule has 0 aromatic carbocycles. The van der Waals surface area contributed by atoms with Gasteiger partial charge in [-0.3, -0.25) is 0 Å². The molecule has 0 heterocycles. The van der Waals surface area contributed by atoms with Crippen LogP contribution in [-0.2, 0) is 4.79 Å². The first-order chi connectivity index (χ1) is 12.4. The molecule has 4 aliphatic rings. The molecule has 1 N–H and O–H groups in total. The second-order valence-electron chi connectivity index (χ2n) is 11.0. The normalized spacial score (nSPS) is 51.8. The van der Waals surface area contributed by atoms with E-state index < -0.39 is 0 Å². The van der Waals surface area contributed by atoms with Crippen molar-refractivity contribution in [3.63, 3.8) is 0 Å². The minimum absolute atomic E-state index is 0.0342. The summed E-state index contributed by atoms with van der Waals surface area (Å²) >= 11 is 0.